The quantitative estimate of drug-likeness (QED) is 0.733. The molecule has 0 aliphatic heterocycles. The minimum atomic E-state index is -4.37. The predicted octanol–water partition coefficient (Wildman–Crippen LogP) is 2.41. The van der Waals surface area contributed by atoms with Crippen molar-refractivity contribution in [2.24, 2.45) is 0 Å². The molecule has 0 radical (unpaired) electrons. The Labute approximate surface area is 127 Å². The van der Waals surface area contributed by atoms with Gasteiger partial charge in [0, 0.05) is 22.3 Å². The molecule has 1 aliphatic rings. The number of rotatable bonds is 2. The van der Waals surface area contributed by atoms with E-state index in [9.17, 15) is 22.6 Å². The van der Waals surface area contributed by atoms with Crippen molar-refractivity contribution < 1.29 is 22.6 Å². The van der Waals surface area contributed by atoms with E-state index >= 15 is 0 Å². The van der Waals surface area contributed by atoms with Crippen LogP contribution in [0, 0.1) is 0 Å². The Balaban J connectivity index is 2.30. The summed E-state index contributed by atoms with van der Waals surface area (Å²) in [6.07, 6.45) is 0. The summed E-state index contributed by atoms with van der Waals surface area (Å²) < 4.78 is 32.1. The second-order valence-corrected chi connectivity index (χ2v) is 6.87. The van der Waals surface area contributed by atoms with E-state index in [1.807, 2.05) is 0 Å². The highest BCUT2D eigenvalue weighted by atomic mass is 32.2. The number of carbonyl (C=O) groups is 2. The summed E-state index contributed by atoms with van der Waals surface area (Å²) in [5, 5.41) is -1.29. The van der Waals surface area contributed by atoms with Crippen LogP contribution >= 0.6 is 0 Å². The molecule has 0 fully saturated rings. The van der Waals surface area contributed by atoms with Crippen LogP contribution in [0.15, 0.2) is 42.5 Å². The maximum atomic E-state index is 12.7. The molecule has 5 nitrogen and oxygen atoms in total. The highest BCUT2D eigenvalue weighted by Crippen LogP contribution is 2.34. The highest BCUT2D eigenvalue weighted by molar-refractivity contribution is 7.86. The molecule has 0 amide bonds. The van der Waals surface area contributed by atoms with E-state index in [1.165, 1.54) is 31.2 Å². The van der Waals surface area contributed by atoms with E-state index in [2.05, 4.69) is 0 Å². The minimum Gasteiger partial charge on any atom is -0.289 e. The molecule has 1 unspecified atom stereocenters. The molecule has 2 aromatic rings. The van der Waals surface area contributed by atoms with Crippen LogP contribution in [0.25, 0.3) is 0 Å². The third-order valence-corrected chi connectivity index (χ3v) is 5.02. The molecule has 2 aromatic carbocycles. The average molecular weight is 316 g/mol. The molecule has 1 aliphatic carbocycles. The lowest BCUT2D eigenvalue weighted by Crippen LogP contribution is -2.24. The van der Waals surface area contributed by atoms with E-state index in [0.29, 0.717) is 5.56 Å². The molecule has 1 atom stereocenters. The molecule has 22 heavy (non-hydrogen) atoms. The lowest BCUT2D eigenvalue weighted by atomic mass is 9.81. The second kappa shape index (κ2) is 4.86. The minimum absolute atomic E-state index is 0.0522. The van der Waals surface area contributed by atoms with Gasteiger partial charge in [0.1, 0.15) is 5.25 Å². The Morgan fingerprint density at radius 3 is 2.00 bits per heavy atom. The molecule has 112 valence electrons. The molecule has 0 aromatic heterocycles. The van der Waals surface area contributed by atoms with Gasteiger partial charge >= 0.3 is 0 Å². The zero-order valence-corrected chi connectivity index (χ0v) is 12.4. The SMILES string of the molecule is CC(c1cccc2c1C(=O)c1ccccc1C2=O)S(=O)(=O)O. The van der Waals surface area contributed by atoms with Crippen molar-refractivity contribution in [3.05, 3.63) is 70.3 Å². The van der Waals surface area contributed by atoms with Gasteiger partial charge in [0.15, 0.2) is 11.6 Å². The lowest BCUT2D eigenvalue weighted by Gasteiger charge is -2.21. The van der Waals surface area contributed by atoms with E-state index in [1.54, 1.807) is 18.2 Å². The van der Waals surface area contributed by atoms with Crippen molar-refractivity contribution in [2.45, 2.75) is 12.2 Å². The summed E-state index contributed by atoms with van der Waals surface area (Å²) in [6.45, 7) is 1.28. The van der Waals surface area contributed by atoms with Crippen molar-refractivity contribution in [3.8, 4) is 0 Å². The number of fused-ring (bicyclic) bond motifs is 2. The van der Waals surface area contributed by atoms with Crippen LogP contribution in [-0.2, 0) is 10.1 Å². The first-order chi connectivity index (χ1) is 10.3. The van der Waals surface area contributed by atoms with Crippen LogP contribution in [0.5, 0.6) is 0 Å². The number of ketones is 2. The third kappa shape index (κ3) is 2.08. The van der Waals surface area contributed by atoms with Crippen LogP contribution < -0.4 is 0 Å². The van der Waals surface area contributed by atoms with E-state index in [4.69, 9.17) is 0 Å². The zero-order valence-electron chi connectivity index (χ0n) is 11.6. The van der Waals surface area contributed by atoms with E-state index in [0.717, 1.165) is 0 Å². The van der Waals surface area contributed by atoms with Crippen molar-refractivity contribution in [1.29, 1.82) is 0 Å². The van der Waals surface area contributed by atoms with Crippen LogP contribution in [0.3, 0.4) is 0 Å². The molecule has 1 N–H and O–H groups in total. The Kier molecular flexibility index (Phi) is 3.23. The molecule has 6 heteroatoms. The van der Waals surface area contributed by atoms with Crippen LogP contribution in [0.2, 0.25) is 0 Å². The summed E-state index contributed by atoms with van der Waals surface area (Å²) in [6, 6.07) is 10.9. The fourth-order valence-electron chi connectivity index (χ4n) is 2.67. The number of hydrogen-bond donors (Lipinski definition) is 1. The molecule has 0 spiro atoms. The van der Waals surface area contributed by atoms with Gasteiger partial charge in [0.25, 0.3) is 10.1 Å². The second-order valence-electron chi connectivity index (χ2n) is 5.13. The standard InChI is InChI=1S/C16H12O5S/c1-9(22(19,20)21)10-7-4-8-13-14(10)16(18)12-6-3-2-5-11(12)15(13)17/h2-9H,1H3,(H,19,20,21). The Morgan fingerprint density at radius 2 is 1.41 bits per heavy atom. The lowest BCUT2D eigenvalue weighted by molar-refractivity contribution is 0.0978. The Hall–Kier alpha value is -2.31. The van der Waals surface area contributed by atoms with Crippen LogP contribution in [-0.4, -0.2) is 24.5 Å². The van der Waals surface area contributed by atoms with Gasteiger partial charge in [0.2, 0.25) is 0 Å². The first kappa shape index (κ1) is 14.6. The van der Waals surface area contributed by atoms with Gasteiger partial charge in [-0.05, 0) is 12.5 Å². The average Bonchev–Trinajstić information content (AvgIpc) is 2.50. The van der Waals surface area contributed by atoms with Gasteiger partial charge in [0.05, 0.1) is 0 Å². The van der Waals surface area contributed by atoms with Gasteiger partial charge in [-0.3, -0.25) is 14.1 Å². The zero-order chi connectivity index (χ0) is 16.1. The Bertz CT molecular complexity index is 912. The maximum absolute atomic E-state index is 12.7. The summed E-state index contributed by atoms with van der Waals surface area (Å²) in [7, 11) is -4.37. The molecular formula is C16H12O5S. The maximum Gasteiger partial charge on any atom is 0.271 e. The van der Waals surface area contributed by atoms with Crippen LogP contribution in [0.4, 0.5) is 0 Å². The van der Waals surface area contributed by atoms with Gasteiger partial charge in [-0.1, -0.05) is 42.5 Å². The fraction of sp³-hybridized carbons (Fsp3) is 0.125. The van der Waals surface area contributed by atoms with Crippen molar-refractivity contribution in [1.82, 2.24) is 0 Å². The largest absolute Gasteiger partial charge is 0.289 e. The highest BCUT2D eigenvalue weighted by Gasteiger charge is 2.34. The molecule has 0 saturated heterocycles. The summed E-state index contributed by atoms with van der Waals surface area (Å²) in [5.41, 5.74) is 0.896. The normalized spacial score (nSPS) is 15.2. The topological polar surface area (TPSA) is 88.5 Å². The van der Waals surface area contributed by atoms with Crippen molar-refractivity contribution >= 4 is 21.7 Å². The number of benzene rings is 2. The van der Waals surface area contributed by atoms with E-state index in [-0.39, 0.29) is 28.0 Å². The summed E-state index contributed by atoms with van der Waals surface area (Å²) in [5.74, 6) is -0.731. The molecule has 0 bridgehead atoms. The monoisotopic (exact) mass is 316 g/mol. The van der Waals surface area contributed by atoms with Crippen molar-refractivity contribution in [3.63, 3.8) is 0 Å². The summed E-state index contributed by atoms with van der Waals surface area (Å²) >= 11 is 0. The summed E-state index contributed by atoms with van der Waals surface area (Å²) in [4.78, 5) is 25.2. The fourth-order valence-corrected chi connectivity index (χ4v) is 3.19. The predicted molar refractivity (Wildman–Crippen MR) is 79.7 cm³/mol. The first-order valence-corrected chi connectivity index (χ1v) is 8.10. The van der Waals surface area contributed by atoms with Crippen LogP contribution in [0.1, 0.15) is 49.6 Å². The third-order valence-electron chi connectivity index (χ3n) is 3.87. The Morgan fingerprint density at radius 1 is 0.864 bits per heavy atom. The molecule has 0 heterocycles. The molecule has 0 saturated carbocycles. The van der Waals surface area contributed by atoms with Gasteiger partial charge in [-0.15, -0.1) is 0 Å². The number of carbonyl (C=O) groups excluding carboxylic acids is 2. The molecule has 3 rings (SSSR count). The van der Waals surface area contributed by atoms with Gasteiger partial charge < -0.3 is 0 Å². The first-order valence-electron chi connectivity index (χ1n) is 6.60. The van der Waals surface area contributed by atoms with Gasteiger partial charge in [-0.25, -0.2) is 0 Å². The van der Waals surface area contributed by atoms with Gasteiger partial charge in [-0.2, -0.15) is 8.42 Å². The molecular weight excluding hydrogens is 304 g/mol. The van der Waals surface area contributed by atoms with E-state index < -0.39 is 21.2 Å². The number of hydrogen-bond acceptors (Lipinski definition) is 4. The van der Waals surface area contributed by atoms with Crippen molar-refractivity contribution in [2.75, 3.05) is 0 Å². The smallest absolute Gasteiger partial charge is 0.271 e.